The molecule has 1 fully saturated rings. The van der Waals surface area contributed by atoms with Crippen molar-refractivity contribution in [3.8, 4) is 0 Å². The number of guanidine groups is 1. The molecule has 1 amide bonds. The first-order valence-corrected chi connectivity index (χ1v) is 8.22. The van der Waals surface area contributed by atoms with E-state index in [1.54, 1.807) is 14.1 Å². The van der Waals surface area contributed by atoms with E-state index in [4.69, 9.17) is 4.74 Å². The largest absolute Gasteiger partial charge is 0.469 e. The SMILES string of the molecule is CCC(C)NC(=NCC(=O)N(C)C)N1CCC(C(=O)OC)CC1.I. The number of carbonyl (C=O) groups excluding carboxylic acids is 2. The predicted molar refractivity (Wildman–Crippen MR) is 106 cm³/mol. The number of ether oxygens (including phenoxy) is 1. The van der Waals surface area contributed by atoms with Crippen molar-refractivity contribution in [2.75, 3.05) is 40.8 Å². The van der Waals surface area contributed by atoms with Gasteiger partial charge in [-0.3, -0.25) is 9.59 Å². The highest BCUT2D eigenvalue weighted by atomic mass is 127. The zero-order chi connectivity index (χ0) is 17.4. The van der Waals surface area contributed by atoms with E-state index in [9.17, 15) is 9.59 Å². The van der Waals surface area contributed by atoms with Crippen LogP contribution in [-0.2, 0) is 14.3 Å². The Bertz CT molecular complexity index is 435. The number of hydrogen-bond donors (Lipinski definition) is 1. The van der Waals surface area contributed by atoms with Gasteiger partial charge in [-0.05, 0) is 26.2 Å². The fourth-order valence-electron chi connectivity index (χ4n) is 2.34. The Labute approximate surface area is 162 Å². The number of nitrogens with one attached hydrogen (secondary N) is 1. The molecule has 1 heterocycles. The van der Waals surface area contributed by atoms with Crippen LogP contribution in [0.2, 0.25) is 0 Å². The highest BCUT2D eigenvalue weighted by Crippen LogP contribution is 2.18. The molecule has 0 spiro atoms. The van der Waals surface area contributed by atoms with Gasteiger partial charge in [-0.1, -0.05) is 6.92 Å². The van der Waals surface area contributed by atoms with Gasteiger partial charge in [0, 0.05) is 33.2 Å². The van der Waals surface area contributed by atoms with Crippen molar-refractivity contribution in [3.05, 3.63) is 0 Å². The molecule has 1 saturated heterocycles. The van der Waals surface area contributed by atoms with Crippen LogP contribution in [0.1, 0.15) is 33.1 Å². The third-order valence-corrected chi connectivity index (χ3v) is 4.18. The molecule has 7 nitrogen and oxygen atoms in total. The quantitative estimate of drug-likeness (QED) is 0.294. The number of likely N-dealkylation sites (tertiary alicyclic amines) is 1. The molecule has 1 rings (SSSR count). The van der Waals surface area contributed by atoms with Crippen molar-refractivity contribution in [3.63, 3.8) is 0 Å². The van der Waals surface area contributed by atoms with Crippen molar-refractivity contribution < 1.29 is 14.3 Å². The maximum absolute atomic E-state index is 11.8. The average Bonchev–Trinajstić information content (AvgIpc) is 2.57. The molecular formula is C16H31IN4O3. The smallest absolute Gasteiger partial charge is 0.308 e. The Hall–Kier alpha value is -1.06. The lowest BCUT2D eigenvalue weighted by molar-refractivity contribution is -0.146. The molecule has 24 heavy (non-hydrogen) atoms. The van der Waals surface area contributed by atoms with Crippen LogP contribution >= 0.6 is 24.0 Å². The molecule has 0 aromatic rings. The number of aliphatic imine (C=N–C) groups is 1. The number of amides is 1. The van der Waals surface area contributed by atoms with E-state index in [0.29, 0.717) is 0 Å². The highest BCUT2D eigenvalue weighted by molar-refractivity contribution is 14.0. The first-order valence-electron chi connectivity index (χ1n) is 8.22. The summed E-state index contributed by atoms with van der Waals surface area (Å²) in [6.45, 7) is 5.79. The first-order chi connectivity index (χ1) is 10.9. The summed E-state index contributed by atoms with van der Waals surface area (Å²) in [7, 11) is 4.88. The predicted octanol–water partition coefficient (Wildman–Crippen LogP) is 1.32. The Kier molecular flexibility index (Phi) is 11.0. The fourth-order valence-corrected chi connectivity index (χ4v) is 2.34. The first kappa shape index (κ1) is 22.9. The summed E-state index contributed by atoms with van der Waals surface area (Å²) in [5, 5.41) is 3.38. The zero-order valence-corrected chi connectivity index (χ0v) is 17.7. The van der Waals surface area contributed by atoms with E-state index in [-0.39, 0.29) is 54.4 Å². The van der Waals surface area contributed by atoms with Gasteiger partial charge in [0.05, 0.1) is 13.0 Å². The van der Waals surface area contributed by atoms with Crippen molar-refractivity contribution in [1.29, 1.82) is 0 Å². The van der Waals surface area contributed by atoms with Crippen molar-refractivity contribution in [2.45, 2.75) is 39.2 Å². The Morgan fingerprint density at radius 3 is 2.38 bits per heavy atom. The molecular weight excluding hydrogens is 423 g/mol. The van der Waals surface area contributed by atoms with Gasteiger partial charge in [0.25, 0.3) is 0 Å². The minimum atomic E-state index is -0.138. The minimum absolute atomic E-state index is 0. The zero-order valence-electron chi connectivity index (χ0n) is 15.4. The Morgan fingerprint density at radius 1 is 1.33 bits per heavy atom. The van der Waals surface area contributed by atoms with Crippen LogP contribution in [-0.4, -0.2) is 74.5 Å². The van der Waals surface area contributed by atoms with Crippen molar-refractivity contribution in [2.24, 2.45) is 10.9 Å². The van der Waals surface area contributed by atoms with Crippen LogP contribution in [0.3, 0.4) is 0 Å². The molecule has 0 saturated carbocycles. The summed E-state index contributed by atoms with van der Waals surface area (Å²) in [6.07, 6.45) is 2.46. The number of nitrogens with zero attached hydrogens (tertiary/aromatic N) is 3. The second-order valence-electron chi connectivity index (χ2n) is 6.17. The Morgan fingerprint density at radius 2 is 1.92 bits per heavy atom. The van der Waals surface area contributed by atoms with E-state index in [2.05, 4.69) is 29.1 Å². The van der Waals surface area contributed by atoms with Crippen LogP contribution < -0.4 is 5.32 Å². The van der Waals surface area contributed by atoms with Crippen LogP contribution in [0, 0.1) is 5.92 Å². The lowest BCUT2D eigenvalue weighted by atomic mass is 9.97. The van der Waals surface area contributed by atoms with Gasteiger partial charge in [0.2, 0.25) is 5.91 Å². The molecule has 8 heteroatoms. The number of carbonyl (C=O) groups is 2. The number of likely N-dealkylation sites (N-methyl/N-ethyl adjacent to an activating group) is 1. The summed E-state index contributed by atoms with van der Waals surface area (Å²) in [5.74, 6) is 0.543. The molecule has 140 valence electrons. The molecule has 0 radical (unpaired) electrons. The van der Waals surface area contributed by atoms with Crippen LogP contribution in [0.4, 0.5) is 0 Å². The summed E-state index contributed by atoms with van der Waals surface area (Å²) in [5.41, 5.74) is 0. The molecule has 0 bridgehead atoms. The van der Waals surface area contributed by atoms with Gasteiger partial charge < -0.3 is 19.9 Å². The molecule has 1 unspecified atom stereocenters. The van der Waals surface area contributed by atoms with Gasteiger partial charge in [-0.25, -0.2) is 4.99 Å². The summed E-state index contributed by atoms with van der Waals surface area (Å²) in [6, 6.07) is 0.279. The molecule has 0 aromatic carbocycles. The van der Waals surface area contributed by atoms with E-state index < -0.39 is 0 Å². The molecule has 1 aliphatic heterocycles. The fraction of sp³-hybridized carbons (Fsp3) is 0.812. The Balaban J connectivity index is 0.00000529. The standard InChI is InChI=1S/C16H30N4O3.HI/c1-6-12(2)18-16(17-11-14(21)19(3)4)20-9-7-13(8-10-20)15(22)23-5;/h12-13H,6-11H2,1-5H3,(H,17,18);1H. The summed E-state index contributed by atoms with van der Waals surface area (Å²) < 4.78 is 4.82. The van der Waals surface area contributed by atoms with Gasteiger partial charge in [0.15, 0.2) is 5.96 Å². The average molecular weight is 454 g/mol. The van der Waals surface area contributed by atoms with E-state index in [0.717, 1.165) is 38.3 Å². The maximum atomic E-state index is 11.8. The third-order valence-electron chi connectivity index (χ3n) is 4.18. The number of rotatable bonds is 5. The number of hydrogen-bond acceptors (Lipinski definition) is 4. The number of methoxy groups -OCH3 is 1. The maximum Gasteiger partial charge on any atom is 0.308 e. The van der Waals surface area contributed by atoms with Crippen LogP contribution in [0.15, 0.2) is 4.99 Å². The van der Waals surface area contributed by atoms with Crippen molar-refractivity contribution >= 4 is 41.8 Å². The van der Waals surface area contributed by atoms with Crippen LogP contribution in [0.5, 0.6) is 0 Å². The molecule has 0 aromatic heterocycles. The topological polar surface area (TPSA) is 74.2 Å². The van der Waals surface area contributed by atoms with E-state index >= 15 is 0 Å². The molecule has 1 N–H and O–H groups in total. The number of esters is 1. The lowest BCUT2D eigenvalue weighted by Gasteiger charge is -2.34. The molecule has 1 atom stereocenters. The summed E-state index contributed by atoms with van der Waals surface area (Å²) in [4.78, 5) is 31.5. The lowest BCUT2D eigenvalue weighted by Crippen LogP contribution is -2.49. The van der Waals surface area contributed by atoms with Crippen molar-refractivity contribution in [1.82, 2.24) is 15.1 Å². The number of halogens is 1. The third kappa shape index (κ3) is 7.23. The van der Waals surface area contributed by atoms with Gasteiger partial charge in [-0.15, -0.1) is 24.0 Å². The highest BCUT2D eigenvalue weighted by Gasteiger charge is 2.27. The second kappa shape index (κ2) is 11.5. The minimum Gasteiger partial charge on any atom is -0.469 e. The van der Waals surface area contributed by atoms with Gasteiger partial charge in [0.1, 0.15) is 6.54 Å². The van der Waals surface area contributed by atoms with E-state index in [1.165, 1.54) is 12.0 Å². The molecule has 1 aliphatic rings. The normalized spacial score (nSPS) is 16.9. The number of piperidine rings is 1. The molecule has 0 aliphatic carbocycles. The monoisotopic (exact) mass is 454 g/mol. The summed E-state index contributed by atoms with van der Waals surface area (Å²) >= 11 is 0. The van der Waals surface area contributed by atoms with Gasteiger partial charge >= 0.3 is 5.97 Å². The van der Waals surface area contributed by atoms with Crippen LogP contribution in [0.25, 0.3) is 0 Å². The van der Waals surface area contributed by atoms with Gasteiger partial charge in [-0.2, -0.15) is 0 Å². The second-order valence-corrected chi connectivity index (χ2v) is 6.17. The van der Waals surface area contributed by atoms with E-state index in [1.807, 2.05) is 0 Å².